The molecule has 8 nitrogen and oxygen atoms in total. The van der Waals surface area contributed by atoms with Gasteiger partial charge in [0.15, 0.2) is 0 Å². The summed E-state index contributed by atoms with van der Waals surface area (Å²) >= 11 is 0. The molecule has 2 aliphatic rings. The molecule has 1 aliphatic heterocycles. The third-order valence-corrected chi connectivity index (χ3v) is 7.58. The molecule has 1 amide bonds. The van der Waals surface area contributed by atoms with Crippen molar-refractivity contribution >= 4 is 27.6 Å². The van der Waals surface area contributed by atoms with E-state index in [1.165, 1.54) is 7.05 Å². The molecule has 1 aromatic heterocycles. The molecule has 1 aliphatic carbocycles. The molecular formula is C20H20F3N5O3S. The van der Waals surface area contributed by atoms with E-state index in [-0.39, 0.29) is 17.4 Å². The number of hydrogen-bond acceptors (Lipinski definition) is 6. The van der Waals surface area contributed by atoms with E-state index in [9.17, 15) is 26.4 Å². The van der Waals surface area contributed by atoms with Gasteiger partial charge in [0.1, 0.15) is 11.2 Å². The largest absolute Gasteiger partial charge is 0.417 e. The van der Waals surface area contributed by atoms with Crippen molar-refractivity contribution in [2.75, 3.05) is 18.1 Å². The molecule has 2 aromatic rings. The van der Waals surface area contributed by atoms with Crippen LogP contribution in [0.4, 0.5) is 18.9 Å². The Kier molecular flexibility index (Phi) is 5.15. The number of amides is 1. The number of hydrogen-bond donors (Lipinski definition) is 2. The molecule has 0 fully saturated rings. The van der Waals surface area contributed by atoms with Crippen LogP contribution in [-0.4, -0.2) is 42.4 Å². The summed E-state index contributed by atoms with van der Waals surface area (Å²) in [6, 6.07) is 6.85. The van der Waals surface area contributed by atoms with Gasteiger partial charge in [0.2, 0.25) is 16.0 Å². The summed E-state index contributed by atoms with van der Waals surface area (Å²) < 4.78 is 64.3. The second kappa shape index (κ2) is 7.47. The molecule has 1 atom stereocenters. The second-order valence-electron chi connectivity index (χ2n) is 7.83. The van der Waals surface area contributed by atoms with Crippen molar-refractivity contribution in [3.05, 3.63) is 58.9 Å². The number of nitrogens with one attached hydrogen (secondary N) is 1. The summed E-state index contributed by atoms with van der Waals surface area (Å²) in [6.45, 7) is 0. The van der Waals surface area contributed by atoms with Gasteiger partial charge in [-0.2, -0.15) is 13.2 Å². The fourth-order valence-electron chi connectivity index (χ4n) is 4.03. The predicted octanol–water partition coefficient (Wildman–Crippen LogP) is 2.47. The van der Waals surface area contributed by atoms with Gasteiger partial charge >= 0.3 is 6.18 Å². The Morgan fingerprint density at radius 2 is 2.00 bits per heavy atom. The number of guanidine groups is 1. The molecule has 0 saturated carbocycles. The number of aryl methyl sites for hydroxylation is 1. The minimum absolute atomic E-state index is 0.104. The molecule has 12 heteroatoms. The van der Waals surface area contributed by atoms with E-state index in [1.807, 2.05) is 0 Å². The number of benzene rings is 1. The zero-order valence-corrected chi connectivity index (χ0v) is 17.8. The van der Waals surface area contributed by atoms with E-state index in [0.717, 1.165) is 34.8 Å². The Morgan fingerprint density at radius 1 is 1.25 bits per heavy atom. The molecule has 3 N–H and O–H groups in total. The van der Waals surface area contributed by atoms with Crippen molar-refractivity contribution < 1.29 is 26.4 Å². The molecule has 2 heterocycles. The van der Waals surface area contributed by atoms with E-state index < -0.39 is 33.2 Å². The van der Waals surface area contributed by atoms with Gasteiger partial charge in [-0.25, -0.2) is 17.7 Å². The highest BCUT2D eigenvalue weighted by atomic mass is 32.2. The summed E-state index contributed by atoms with van der Waals surface area (Å²) in [4.78, 5) is 20.6. The van der Waals surface area contributed by atoms with Gasteiger partial charge < -0.3 is 11.1 Å². The molecule has 4 rings (SSSR count). The maximum Gasteiger partial charge on any atom is 0.417 e. The average molecular weight is 467 g/mol. The molecular weight excluding hydrogens is 447 g/mol. The van der Waals surface area contributed by atoms with E-state index in [0.29, 0.717) is 23.9 Å². The molecule has 32 heavy (non-hydrogen) atoms. The van der Waals surface area contributed by atoms with Gasteiger partial charge in [0, 0.05) is 18.9 Å². The fourth-order valence-corrected chi connectivity index (χ4v) is 5.52. The van der Waals surface area contributed by atoms with Gasteiger partial charge in [0.25, 0.3) is 5.91 Å². The first-order valence-electron chi connectivity index (χ1n) is 9.71. The average Bonchev–Trinajstić information content (AvgIpc) is 2.72. The zero-order chi connectivity index (χ0) is 23.3. The number of sulfonamides is 1. The topological polar surface area (TPSA) is 118 Å². The first-order valence-corrected chi connectivity index (χ1v) is 11.3. The monoisotopic (exact) mass is 467 g/mol. The number of aromatic nitrogens is 1. The number of aliphatic imine (C=N–C) groups is 1. The van der Waals surface area contributed by atoms with Crippen LogP contribution < -0.4 is 11.1 Å². The minimum Gasteiger partial charge on any atom is -0.369 e. The quantitative estimate of drug-likeness (QED) is 0.704. The summed E-state index contributed by atoms with van der Waals surface area (Å²) in [6.07, 6.45) is -2.03. The number of carbonyl (C=O) groups is 1. The van der Waals surface area contributed by atoms with Crippen LogP contribution in [0.5, 0.6) is 0 Å². The first-order chi connectivity index (χ1) is 14.9. The lowest BCUT2D eigenvalue weighted by Crippen LogP contribution is -2.52. The van der Waals surface area contributed by atoms with Crippen molar-refractivity contribution in [2.24, 2.45) is 10.7 Å². The second-order valence-corrected chi connectivity index (χ2v) is 9.84. The van der Waals surface area contributed by atoms with Crippen molar-refractivity contribution in [1.29, 1.82) is 0 Å². The number of anilines is 1. The van der Waals surface area contributed by atoms with Crippen molar-refractivity contribution in [3.63, 3.8) is 0 Å². The number of rotatable bonds is 2. The van der Waals surface area contributed by atoms with Gasteiger partial charge in [-0.15, -0.1) is 0 Å². The smallest absolute Gasteiger partial charge is 0.369 e. The lowest BCUT2D eigenvalue weighted by atomic mass is 9.77. The van der Waals surface area contributed by atoms with E-state index in [1.54, 1.807) is 18.2 Å². The fraction of sp³-hybridized carbons (Fsp3) is 0.350. The number of nitrogens with zero attached hydrogens (tertiary/aromatic N) is 3. The molecule has 0 unspecified atom stereocenters. The maximum atomic E-state index is 12.7. The van der Waals surface area contributed by atoms with E-state index in [2.05, 4.69) is 15.3 Å². The number of alkyl halides is 3. The van der Waals surface area contributed by atoms with Gasteiger partial charge in [-0.3, -0.25) is 9.78 Å². The van der Waals surface area contributed by atoms with Crippen LogP contribution in [0, 0.1) is 0 Å². The molecule has 170 valence electrons. The number of fused-ring (bicyclic) bond motifs is 2. The van der Waals surface area contributed by atoms with Crippen molar-refractivity contribution in [2.45, 2.75) is 31.0 Å². The Bertz CT molecular complexity index is 1210. The van der Waals surface area contributed by atoms with Crippen LogP contribution in [-0.2, 0) is 28.2 Å². The van der Waals surface area contributed by atoms with Crippen LogP contribution in [0.1, 0.15) is 40.0 Å². The highest BCUT2D eigenvalue weighted by Crippen LogP contribution is 2.43. The van der Waals surface area contributed by atoms with Crippen molar-refractivity contribution in [1.82, 2.24) is 9.29 Å². The Morgan fingerprint density at radius 3 is 2.62 bits per heavy atom. The molecule has 1 spiro atoms. The summed E-state index contributed by atoms with van der Waals surface area (Å²) in [5.41, 5.74) is 5.60. The van der Waals surface area contributed by atoms with E-state index >= 15 is 0 Å². The van der Waals surface area contributed by atoms with Crippen LogP contribution >= 0.6 is 0 Å². The number of nitrogens with two attached hydrogens (primary N) is 1. The summed E-state index contributed by atoms with van der Waals surface area (Å²) in [5, 5.41) is 2.61. The van der Waals surface area contributed by atoms with Crippen LogP contribution in [0.25, 0.3) is 0 Å². The van der Waals surface area contributed by atoms with Crippen LogP contribution in [0.2, 0.25) is 0 Å². The standard InChI is InChI=1S/C20H20F3N5O3S/c1-28-18(24)27-19(11-32(28,30)31)8-2-3-12-4-6-14(9-15(12)19)26-17(29)16-7-5-13(10-25-16)20(21,22)23/h4-7,9-10H,2-3,8,11H2,1H3,(H2,24,27)(H,26,29)/t19-/m0/s1. The third kappa shape index (κ3) is 3.90. The van der Waals surface area contributed by atoms with Gasteiger partial charge in [-0.05, 0) is 54.7 Å². The molecule has 0 bridgehead atoms. The Hall–Kier alpha value is -3.15. The van der Waals surface area contributed by atoms with Crippen LogP contribution in [0.3, 0.4) is 0 Å². The van der Waals surface area contributed by atoms with Crippen molar-refractivity contribution in [3.8, 4) is 0 Å². The highest BCUT2D eigenvalue weighted by molar-refractivity contribution is 7.89. The molecule has 0 saturated heterocycles. The number of pyridine rings is 1. The molecule has 0 radical (unpaired) electrons. The first kappa shape index (κ1) is 22.1. The highest BCUT2D eigenvalue weighted by Gasteiger charge is 2.46. The van der Waals surface area contributed by atoms with Gasteiger partial charge in [0.05, 0.1) is 11.3 Å². The number of carbonyl (C=O) groups excluding carboxylic acids is 1. The maximum absolute atomic E-state index is 12.7. The molecule has 1 aromatic carbocycles. The summed E-state index contributed by atoms with van der Waals surface area (Å²) in [7, 11) is -2.32. The van der Waals surface area contributed by atoms with Gasteiger partial charge in [-0.1, -0.05) is 6.07 Å². The summed E-state index contributed by atoms with van der Waals surface area (Å²) in [5.74, 6) is -1.04. The zero-order valence-electron chi connectivity index (χ0n) is 17.0. The Labute approximate surface area is 182 Å². The third-order valence-electron chi connectivity index (χ3n) is 5.72. The van der Waals surface area contributed by atoms with E-state index in [4.69, 9.17) is 5.73 Å². The SMILES string of the molecule is CN1C(N)=N[C@@]2(CCCc3ccc(NC(=O)c4ccc(C(F)(F)F)cn4)cc32)CS1(=O)=O. The lowest BCUT2D eigenvalue weighted by Gasteiger charge is -2.40. The minimum atomic E-state index is -4.55. The lowest BCUT2D eigenvalue weighted by molar-refractivity contribution is -0.137. The predicted molar refractivity (Wildman–Crippen MR) is 111 cm³/mol. The number of halogens is 3. The van der Waals surface area contributed by atoms with Crippen LogP contribution in [0.15, 0.2) is 41.5 Å². The normalized spacial score (nSPS) is 22.2. The Balaban J connectivity index is 1.65.